The zero-order valence-electron chi connectivity index (χ0n) is 8.86. The first kappa shape index (κ1) is 11.0. The Kier molecular flexibility index (Phi) is 2.95. The lowest BCUT2D eigenvalue weighted by Gasteiger charge is -2.07. The highest BCUT2D eigenvalue weighted by atomic mass is 16.3. The number of aromatic hydroxyl groups is 1. The van der Waals surface area contributed by atoms with Gasteiger partial charge in [0.1, 0.15) is 5.75 Å². The number of carbonyl (C=O) groups excluding carboxylic acids is 2. The normalized spacial score (nSPS) is 13.9. The molecule has 2 rings (SSSR count). The van der Waals surface area contributed by atoms with Gasteiger partial charge in [0.15, 0.2) is 0 Å². The summed E-state index contributed by atoms with van der Waals surface area (Å²) in [5.74, 6) is -0.0887. The summed E-state index contributed by atoms with van der Waals surface area (Å²) in [6.07, 6.45) is 1.33. The molecule has 6 nitrogen and oxygen atoms in total. The second-order valence-electron chi connectivity index (χ2n) is 3.51. The van der Waals surface area contributed by atoms with Crippen molar-refractivity contribution in [3.63, 3.8) is 0 Å². The van der Waals surface area contributed by atoms with Crippen LogP contribution in [0, 0.1) is 0 Å². The van der Waals surface area contributed by atoms with E-state index in [0.29, 0.717) is 17.9 Å². The van der Waals surface area contributed by atoms with Crippen molar-refractivity contribution in [1.29, 1.82) is 0 Å². The van der Waals surface area contributed by atoms with Crippen molar-refractivity contribution in [2.45, 2.75) is 0 Å². The molecule has 1 aromatic carbocycles. The van der Waals surface area contributed by atoms with Gasteiger partial charge in [-0.25, -0.2) is 4.79 Å². The van der Waals surface area contributed by atoms with Crippen LogP contribution in [0.4, 0.5) is 10.5 Å². The number of hydrogen-bond donors (Lipinski definition) is 4. The number of nitrogens with one attached hydrogen (secondary N) is 3. The summed E-state index contributed by atoms with van der Waals surface area (Å²) in [6, 6.07) is 5.65. The molecule has 0 unspecified atom stereocenters. The van der Waals surface area contributed by atoms with E-state index in [0.717, 1.165) is 0 Å². The van der Waals surface area contributed by atoms with Crippen LogP contribution < -0.4 is 16.0 Å². The van der Waals surface area contributed by atoms with Crippen LogP contribution in [0.1, 0.15) is 0 Å². The molecule has 0 spiro atoms. The second-order valence-corrected chi connectivity index (χ2v) is 3.51. The van der Waals surface area contributed by atoms with Crippen molar-refractivity contribution in [1.82, 2.24) is 10.6 Å². The summed E-state index contributed by atoms with van der Waals surface area (Å²) in [5, 5.41) is 16.7. The summed E-state index contributed by atoms with van der Waals surface area (Å²) in [6.45, 7) is 0.321. The molecule has 0 aliphatic carbocycles. The number of rotatable bonds is 2. The van der Waals surface area contributed by atoms with Gasteiger partial charge in [-0.3, -0.25) is 4.79 Å². The van der Waals surface area contributed by atoms with E-state index in [-0.39, 0.29) is 11.7 Å². The molecule has 6 heteroatoms. The molecule has 0 saturated heterocycles. The fourth-order valence-corrected chi connectivity index (χ4v) is 1.38. The quantitative estimate of drug-likeness (QED) is 0.561. The fourth-order valence-electron chi connectivity index (χ4n) is 1.38. The minimum absolute atomic E-state index is 0.129. The van der Waals surface area contributed by atoms with Gasteiger partial charge in [0, 0.05) is 17.5 Å². The highest BCUT2D eigenvalue weighted by Crippen LogP contribution is 2.13. The number of hydrogen-bond acceptors (Lipinski definition) is 3. The fraction of sp³-hybridized carbons (Fsp3) is 0.0909. The average Bonchev–Trinajstić information content (AvgIpc) is 2.67. The van der Waals surface area contributed by atoms with Gasteiger partial charge in [-0.05, 0) is 24.3 Å². The molecule has 17 heavy (non-hydrogen) atoms. The van der Waals surface area contributed by atoms with E-state index in [1.165, 1.54) is 18.2 Å². The van der Waals surface area contributed by atoms with E-state index in [9.17, 15) is 9.59 Å². The van der Waals surface area contributed by atoms with Gasteiger partial charge in [-0.1, -0.05) is 0 Å². The lowest BCUT2D eigenvalue weighted by Crippen LogP contribution is -2.30. The highest BCUT2D eigenvalue weighted by Gasteiger charge is 2.12. The summed E-state index contributed by atoms with van der Waals surface area (Å²) < 4.78 is 0. The molecule has 0 atom stereocenters. The Morgan fingerprint density at radius 2 is 1.94 bits per heavy atom. The smallest absolute Gasteiger partial charge is 0.323 e. The zero-order chi connectivity index (χ0) is 12.3. The molecule has 0 saturated carbocycles. The molecule has 1 aliphatic heterocycles. The number of urea groups is 1. The summed E-state index contributed by atoms with van der Waals surface area (Å²) >= 11 is 0. The van der Waals surface area contributed by atoms with E-state index in [4.69, 9.17) is 5.11 Å². The Morgan fingerprint density at radius 1 is 1.24 bits per heavy atom. The Hall–Kier alpha value is -2.50. The van der Waals surface area contributed by atoms with Gasteiger partial charge in [0.25, 0.3) is 0 Å². The Morgan fingerprint density at radius 3 is 2.53 bits per heavy atom. The molecule has 1 aromatic rings. The van der Waals surface area contributed by atoms with Crippen LogP contribution in [0.25, 0.3) is 0 Å². The topological polar surface area (TPSA) is 90.5 Å². The molecule has 0 aromatic heterocycles. The van der Waals surface area contributed by atoms with Gasteiger partial charge >= 0.3 is 6.03 Å². The third-order valence-corrected chi connectivity index (χ3v) is 2.16. The largest absolute Gasteiger partial charge is 0.508 e. The van der Waals surface area contributed by atoms with Gasteiger partial charge in [0.05, 0.1) is 6.54 Å². The van der Waals surface area contributed by atoms with E-state index < -0.39 is 6.03 Å². The van der Waals surface area contributed by atoms with Crippen molar-refractivity contribution >= 4 is 17.6 Å². The van der Waals surface area contributed by atoms with Crippen LogP contribution in [0.15, 0.2) is 36.0 Å². The number of phenols is 1. The number of carbonyl (C=O) groups is 2. The molecule has 0 radical (unpaired) electrons. The molecule has 88 valence electrons. The van der Waals surface area contributed by atoms with Crippen LogP contribution in [-0.4, -0.2) is 23.6 Å². The monoisotopic (exact) mass is 233 g/mol. The van der Waals surface area contributed by atoms with Crippen LogP contribution in [0.3, 0.4) is 0 Å². The predicted molar refractivity (Wildman–Crippen MR) is 61.4 cm³/mol. The molecular formula is C11H11N3O3. The molecular weight excluding hydrogens is 222 g/mol. The van der Waals surface area contributed by atoms with Crippen LogP contribution in [-0.2, 0) is 4.79 Å². The Bertz CT molecular complexity index is 479. The molecule has 4 N–H and O–H groups in total. The van der Waals surface area contributed by atoms with E-state index in [1.54, 1.807) is 12.1 Å². The third kappa shape index (κ3) is 2.97. The summed E-state index contributed by atoms with van der Waals surface area (Å²) in [5.41, 5.74) is 1.07. The summed E-state index contributed by atoms with van der Waals surface area (Å²) in [4.78, 5) is 22.3. The first-order valence-electron chi connectivity index (χ1n) is 4.99. The van der Waals surface area contributed by atoms with Crippen molar-refractivity contribution in [2.24, 2.45) is 0 Å². The van der Waals surface area contributed by atoms with Crippen molar-refractivity contribution in [2.75, 3.05) is 11.9 Å². The minimum atomic E-state index is -0.432. The molecule has 3 amide bonds. The molecule has 1 heterocycles. The average molecular weight is 233 g/mol. The van der Waals surface area contributed by atoms with E-state index >= 15 is 0 Å². The SMILES string of the molecule is O=C1C=C(NC(=O)Nc2ccc(O)cc2)CN1. The standard InChI is InChI=1S/C11H11N3O3/c15-9-3-1-7(2-4-9)13-11(17)14-8-5-10(16)12-6-8/h1-5,15H,6H2,(H,12,16)(H2,13,14,17). The first-order chi connectivity index (χ1) is 8.13. The third-order valence-electron chi connectivity index (χ3n) is 2.16. The maximum atomic E-state index is 11.5. The minimum Gasteiger partial charge on any atom is -0.508 e. The summed E-state index contributed by atoms with van der Waals surface area (Å²) in [7, 11) is 0. The second kappa shape index (κ2) is 4.56. The van der Waals surface area contributed by atoms with Crippen molar-refractivity contribution < 1.29 is 14.7 Å². The molecule has 0 bridgehead atoms. The van der Waals surface area contributed by atoms with Gasteiger partial charge in [-0.2, -0.15) is 0 Å². The number of amides is 3. The number of benzene rings is 1. The molecule has 0 fully saturated rings. The van der Waals surface area contributed by atoms with Crippen LogP contribution in [0.5, 0.6) is 5.75 Å². The van der Waals surface area contributed by atoms with Gasteiger partial charge in [0.2, 0.25) is 5.91 Å². The molecule has 1 aliphatic rings. The number of phenolic OH excluding ortho intramolecular Hbond substituents is 1. The van der Waals surface area contributed by atoms with Crippen molar-refractivity contribution in [3.05, 3.63) is 36.0 Å². The van der Waals surface area contributed by atoms with Crippen molar-refractivity contribution in [3.8, 4) is 5.75 Å². The lowest BCUT2D eigenvalue weighted by atomic mass is 10.3. The maximum absolute atomic E-state index is 11.5. The Balaban J connectivity index is 1.91. The van der Waals surface area contributed by atoms with Crippen LogP contribution >= 0.6 is 0 Å². The van der Waals surface area contributed by atoms with Crippen LogP contribution in [0.2, 0.25) is 0 Å². The predicted octanol–water partition coefficient (Wildman–Crippen LogP) is 0.527. The zero-order valence-corrected chi connectivity index (χ0v) is 8.86. The van der Waals surface area contributed by atoms with E-state index in [2.05, 4.69) is 16.0 Å². The van der Waals surface area contributed by atoms with Gasteiger partial charge in [-0.15, -0.1) is 0 Å². The maximum Gasteiger partial charge on any atom is 0.323 e. The van der Waals surface area contributed by atoms with E-state index in [1.807, 2.05) is 0 Å². The Labute approximate surface area is 97.3 Å². The number of anilines is 1. The first-order valence-corrected chi connectivity index (χ1v) is 4.99. The van der Waals surface area contributed by atoms with Gasteiger partial charge < -0.3 is 21.1 Å². The lowest BCUT2D eigenvalue weighted by molar-refractivity contribution is -0.115. The highest BCUT2D eigenvalue weighted by molar-refractivity contribution is 5.95.